The number of carboxylic acid groups (broad SMARTS) is 1. The van der Waals surface area contributed by atoms with Gasteiger partial charge in [-0.05, 0) is 37.1 Å². The number of rotatable bonds is 7. The molecule has 138 valence electrons. The van der Waals surface area contributed by atoms with Crippen molar-refractivity contribution in [2.75, 3.05) is 19.7 Å². The second-order valence-corrected chi connectivity index (χ2v) is 5.79. The van der Waals surface area contributed by atoms with Gasteiger partial charge in [0.2, 0.25) is 5.91 Å². The van der Waals surface area contributed by atoms with E-state index in [0.717, 1.165) is 6.42 Å². The van der Waals surface area contributed by atoms with Crippen molar-refractivity contribution in [3.05, 3.63) is 29.8 Å². The van der Waals surface area contributed by atoms with Gasteiger partial charge in [-0.25, -0.2) is 0 Å². The maximum absolute atomic E-state index is 12.1. The first kappa shape index (κ1) is 19.0. The van der Waals surface area contributed by atoms with Crippen molar-refractivity contribution in [3.8, 4) is 5.75 Å². The minimum absolute atomic E-state index is 0.0266. The van der Waals surface area contributed by atoms with Gasteiger partial charge in [-0.2, -0.15) is 13.2 Å². The van der Waals surface area contributed by atoms with Gasteiger partial charge in [0, 0.05) is 6.54 Å². The predicted octanol–water partition coefficient (Wildman–Crippen LogP) is 1.79. The van der Waals surface area contributed by atoms with Crippen molar-refractivity contribution in [3.63, 3.8) is 0 Å². The fourth-order valence-corrected chi connectivity index (χ4v) is 2.65. The molecule has 0 radical (unpaired) electrons. The Morgan fingerprint density at radius 2 is 2.12 bits per heavy atom. The molecular weight excluding hydrogens is 341 g/mol. The lowest BCUT2D eigenvalue weighted by Crippen LogP contribution is -2.42. The number of nitrogens with one attached hydrogen (secondary N) is 1. The van der Waals surface area contributed by atoms with Gasteiger partial charge in [0.15, 0.2) is 6.61 Å². The molecule has 9 heteroatoms. The van der Waals surface area contributed by atoms with Crippen LogP contribution in [0.3, 0.4) is 0 Å². The van der Waals surface area contributed by atoms with Crippen LogP contribution in [0.25, 0.3) is 0 Å². The zero-order valence-corrected chi connectivity index (χ0v) is 13.4. The highest BCUT2D eigenvalue weighted by molar-refractivity contribution is 5.80. The summed E-state index contributed by atoms with van der Waals surface area (Å²) < 4.78 is 41.1. The molecule has 0 bridgehead atoms. The molecule has 1 unspecified atom stereocenters. The minimum Gasteiger partial charge on any atom is -0.484 e. The third-order valence-corrected chi connectivity index (χ3v) is 3.79. The quantitative estimate of drug-likeness (QED) is 0.775. The molecule has 0 spiro atoms. The van der Waals surface area contributed by atoms with Gasteiger partial charge in [-0.15, -0.1) is 0 Å². The molecule has 0 aromatic heterocycles. The Balaban J connectivity index is 1.82. The molecule has 1 aliphatic heterocycles. The maximum atomic E-state index is 12.1. The molecule has 1 atom stereocenters. The highest BCUT2D eigenvalue weighted by Crippen LogP contribution is 2.19. The Morgan fingerprint density at radius 3 is 2.80 bits per heavy atom. The van der Waals surface area contributed by atoms with Crippen LogP contribution in [0.4, 0.5) is 13.2 Å². The predicted molar refractivity (Wildman–Crippen MR) is 82.1 cm³/mol. The highest BCUT2D eigenvalue weighted by atomic mass is 19.4. The zero-order valence-electron chi connectivity index (χ0n) is 13.4. The highest BCUT2D eigenvalue weighted by Gasteiger charge is 2.31. The van der Waals surface area contributed by atoms with Gasteiger partial charge >= 0.3 is 12.1 Å². The molecular formula is C16H19F3N2O4. The largest absolute Gasteiger partial charge is 0.484 e. The van der Waals surface area contributed by atoms with Gasteiger partial charge in [0.25, 0.3) is 0 Å². The standard InChI is InChI=1S/C16H19F3N2O4/c17-16(18,19)10-25-12-4-1-3-11(7-12)8-20-14(22)9-21-6-2-5-13(21)15(23)24/h1,3-4,7,13H,2,5-6,8-10H2,(H,20,22)(H,23,24). The Morgan fingerprint density at radius 1 is 1.36 bits per heavy atom. The molecule has 1 amide bonds. The number of nitrogens with zero attached hydrogens (tertiary/aromatic N) is 1. The Hall–Kier alpha value is -2.29. The first-order valence-corrected chi connectivity index (χ1v) is 7.76. The number of aliphatic carboxylic acids is 1. The van der Waals surface area contributed by atoms with Crippen LogP contribution < -0.4 is 10.1 Å². The molecule has 1 aliphatic rings. The van der Waals surface area contributed by atoms with E-state index in [9.17, 15) is 22.8 Å². The summed E-state index contributed by atoms with van der Waals surface area (Å²) in [6, 6.07) is 5.36. The van der Waals surface area contributed by atoms with E-state index < -0.39 is 24.8 Å². The summed E-state index contributed by atoms with van der Waals surface area (Å²) >= 11 is 0. The van der Waals surface area contributed by atoms with Crippen LogP contribution in [0.2, 0.25) is 0 Å². The number of carbonyl (C=O) groups excluding carboxylic acids is 1. The number of halogens is 3. The normalized spacial score (nSPS) is 18.1. The summed E-state index contributed by atoms with van der Waals surface area (Å²) in [6.07, 6.45) is -3.18. The van der Waals surface area contributed by atoms with Crippen LogP contribution in [0.5, 0.6) is 5.75 Å². The lowest BCUT2D eigenvalue weighted by Gasteiger charge is -2.20. The SMILES string of the molecule is O=C(CN1CCCC1C(=O)O)NCc1cccc(OCC(F)(F)F)c1. The maximum Gasteiger partial charge on any atom is 0.422 e. The number of carbonyl (C=O) groups is 2. The van der Waals surface area contributed by atoms with Crippen LogP contribution in [-0.2, 0) is 16.1 Å². The molecule has 2 N–H and O–H groups in total. The van der Waals surface area contributed by atoms with Crippen molar-refractivity contribution in [1.82, 2.24) is 10.2 Å². The van der Waals surface area contributed by atoms with Crippen LogP contribution in [0.1, 0.15) is 18.4 Å². The van der Waals surface area contributed by atoms with Crippen LogP contribution >= 0.6 is 0 Å². The number of carboxylic acids is 1. The Labute approximate surface area is 142 Å². The average Bonchev–Trinajstić information content (AvgIpc) is 2.99. The van der Waals surface area contributed by atoms with Gasteiger partial charge in [-0.1, -0.05) is 12.1 Å². The van der Waals surface area contributed by atoms with Crippen molar-refractivity contribution in [2.45, 2.75) is 31.6 Å². The topological polar surface area (TPSA) is 78.9 Å². The number of likely N-dealkylation sites (tertiary alicyclic amines) is 1. The van der Waals surface area contributed by atoms with Crippen LogP contribution in [0, 0.1) is 0 Å². The van der Waals surface area contributed by atoms with Crippen LogP contribution in [-0.4, -0.2) is 53.8 Å². The Kier molecular flexibility index (Phi) is 6.24. The smallest absolute Gasteiger partial charge is 0.422 e. The van der Waals surface area contributed by atoms with Gasteiger partial charge in [-0.3, -0.25) is 14.5 Å². The molecule has 25 heavy (non-hydrogen) atoms. The summed E-state index contributed by atoms with van der Waals surface area (Å²) in [5.41, 5.74) is 0.587. The summed E-state index contributed by atoms with van der Waals surface area (Å²) in [5, 5.41) is 11.7. The molecule has 6 nitrogen and oxygen atoms in total. The molecule has 1 heterocycles. The molecule has 0 aliphatic carbocycles. The van der Waals surface area contributed by atoms with E-state index in [1.165, 1.54) is 18.2 Å². The average molecular weight is 360 g/mol. The summed E-state index contributed by atoms with van der Waals surface area (Å²) in [6.45, 7) is -0.742. The fourth-order valence-electron chi connectivity index (χ4n) is 2.65. The van der Waals surface area contributed by atoms with Gasteiger partial charge in [0.05, 0.1) is 6.54 Å². The summed E-state index contributed by atoms with van der Waals surface area (Å²) in [7, 11) is 0. The van der Waals surface area contributed by atoms with E-state index in [1.54, 1.807) is 11.0 Å². The van der Waals surface area contributed by atoms with Gasteiger partial charge < -0.3 is 15.2 Å². The van der Waals surface area contributed by atoms with E-state index in [0.29, 0.717) is 18.5 Å². The number of benzene rings is 1. The van der Waals surface area contributed by atoms with Crippen molar-refractivity contribution >= 4 is 11.9 Å². The van der Waals surface area contributed by atoms with E-state index in [2.05, 4.69) is 10.1 Å². The molecule has 2 rings (SSSR count). The molecule has 1 aromatic carbocycles. The monoisotopic (exact) mass is 360 g/mol. The second kappa shape index (κ2) is 8.19. The van der Waals surface area contributed by atoms with Crippen LogP contribution in [0.15, 0.2) is 24.3 Å². The number of amides is 1. The van der Waals surface area contributed by atoms with Crippen molar-refractivity contribution < 1.29 is 32.6 Å². The lowest BCUT2D eigenvalue weighted by molar-refractivity contribution is -0.153. The zero-order chi connectivity index (χ0) is 18.4. The lowest BCUT2D eigenvalue weighted by atomic mass is 10.2. The van der Waals surface area contributed by atoms with Crippen molar-refractivity contribution in [1.29, 1.82) is 0 Å². The fraction of sp³-hybridized carbons (Fsp3) is 0.500. The van der Waals surface area contributed by atoms with E-state index >= 15 is 0 Å². The van der Waals surface area contributed by atoms with E-state index in [4.69, 9.17) is 5.11 Å². The third kappa shape index (κ3) is 6.26. The first-order valence-electron chi connectivity index (χ1n) is 7.76. The number of ether oxygens (including phenoxy) is 1. The molecule has 0 saturated carbocycles. The number of hydrogen-bond acceptors (Lipinski definition) is 4. The summed E-state index contributed by atoms with van der Waals surface area (Å²) in [4.78, 5) is 24.6. The Bertz CT molecular complexity index is 622. The minimum atomic E-state index is -4.42. The van der Waals surface area contributed by atoms with Gasteiger partial charge in [0.1, 0.15) is 11.8 Å². The van der Waals surface area contributed by atoms with E-state index in [-0.39, 0.29) is 24.7 Å². The van der Waals surface area contributed by atoms with E-state index in [1.807, 2.05) is 0 Å². The first-order chi connectivity index (χ1) is 11.7. The number of alkyl halides is 3. The molecule has 1 aromatic rings. The molecule has 1 saturated heterocycles. The van der Waals surface area contributed by atoms with Crippen molar-refractivity contribution in [2.24, 2.45) is 0 Å². The molecule has 1 fully saturated rings. The second-order valence-electron chi connectivity index (χ2n) is 5.79. The summed E-state index contributed by atoms with van der Waals surface area (Å²) in [5.74, 6) is -1.22. The number of hydrogen-bond donors (Lipinski definition) is 2. The third-order valence-electron chi connectivity index (χ3n) is 3.79.